The van der Waals surface area contributed by atoms with E-state index in [4.69, 9.17) is 4.74 Å². The van der Waals surface area contributed by atoms with E-state index >= 15 is 0 Å². The molecule has 0 saturated carbocycles. The largest absolute Gasteiger partial charge is 0.367 e. The van der Waals surface area contributed by atoms with Crippen molar-refractivity contribution in [1.82, 2.24) is 4.98 Å². The number of carbonyl (C=O) groups excluding carboxylic acids is 1. The molecular formula is C14H15NO2S. The first kappa shape index (κ1) is 12.9. The van der Waals surface area contributed by atoms with Crippen LogP contribution in [0.3, 0.4) is 0 Å². The Labute approximate surface area is 110 Å². The van der Waals surface area contributed by atoms with E-state index in [2.05, 4.69) is 4.98 Å². The summed E-state index contributed by atoms with van der Waals surface area (Å²) in [6, 6.07) is 9.93. The average molecular weight is 261 g/mol. The van der Waals surface area contributed by atoms with Gasteiger partial charge in [0.05, 0.1) is 0 Å². The van der Waals surface area contributed by atoms with Crippen LogP contribution in [0.4, 0.5) is 0 Å². The van der Waals surface area contributed by atoms with Crippen LogP contribution in [-0.4, -0.2) is 17.4 Å². The Kier molecular flexibility index (Phi) is 4.23. The number of aromatic nitrogens is 1. The van der Waals surface area contributed by atoms with E-state index in [1.54, 1.807) is 5.38 Å². The van der Waals surface area contributed by atoms with E-state index in [-0.39, 0.29) is 11.9 Å². The van der Waals surface area contributed by atoms with Crippen molar-refractivity contribution in [3.63, 3.8) is 0 Å². The molecule has 0 N–H and O–H groups in total. The molecule has 1 heterocycles. The van der Waals surface area contributed by atoms with Crippen LogP contribution in [0.15, 0.2) is 35.7 Å². The SMILES string of the molecule is CCOC(c1ccccc1)c1nc(C(C)=O)cs1. The Morgan fingerprint density at radius 3 is 2.67 bits per heavy atom. The van der Waals surface area contributed by atoms with E-state index < -0.39 is 0 Å². The van der Waals surface area contributed by atoms with Gasteiger partial charge in [0.15, 0.2) is 5.78 Å². The first-order chi connectivity index (χ1) is 8.72. The van der Waals surface area contributed by atoms with Gasteiger partial charge in [0.1, 0.15) is 16.8 Å². The highest BCUT2D eigenvalue weighted by Crippen LogP contribution is 2.28. The molecule has 0 aliphatic heterocycles. The van der Waals surface area contributed by atoms with Gasteiger partial charge in [-0.25, -0.2) is 4.98 Å². The van der Waals surface area contributed by atoms with Gasteiger partial charge < -0.3 is 4.74 Å². The van der Waals surface area contributed by atoms with Gasteiger partial charge in [0, 0.05) is 18.9 Å². The highest BCUT2D eigenvalue weighted by atomic mass is 32.1. The molecule has 1 aromatic carbocycles. The molecule has 0 aliphatic carbocycles. The van der Waals surface area contributed by atoms with Crippen LogP contribution in [0.2, 0.25) is 0 Å². The summed E-state index contributed by atoms with van der Waals surface area (Å²) in [6.07, 6.45) is -0.186. The summed E-state index contributed by atoms with van der Waals surface area (Å²) in [5.74, 6) is -0.0131. The molecule has 0 radical (unpaired) electrons. The highest BCUT2D eigenvalue weighted by molar-refractivity contribution is 7.09. The molecule has 2 aromatic rings. The van der Waals surface area contributed by atoms with E-state index in [1.807, 2.05) is 37.3 Å². The average Bonchev–Trinajstić information content (AvgIpc) is 2.86. The summed E-state index contributed by atoms with van der Waals surface area (Å²) in [5.41, 5.74) is 1.57. The van der Waals surface area contributed by atoms with E-state index in [9.17, 15) is 4.79 Å². The second kappa shape index (κ2) is 5.89. The number of hydrogen-bond donors (Lipinski definition) is 0. The Hall–Kier alpha value is -1.52. The number of ketones is 1. The molecule has 2 rings (SSSR count). The maximum absolute atomic E-state index is 11.3. The maximum atomic E-state index is 11.3. The number of benzene rings is 1. The molecule has 0 spiro atoms. The van der Waals surface area contributed by atoms with Crippen LogP contribution in [0, 0.1) is 0 Å². The number of rotatable bonds is 5. The lowest BCUT2D eigenvalue weighted by Gasteiger charge is -2.14. The molecule has 0 aliphatic rings. The molecule has 0 fully saturated rings. The topological polar surface area (TPSA) is 39.2 Å². The zero-order chi connectivity index (χ0) is 13.0. The highest BCUT2D eigenvalue weighted by Gasteiger charge is 2.18. The number of carbonyl (C=O) groups is 1. The fourth-order valence-electron chi connectivity index (χ4n) is 1.67. The lowest BCUT2D eigenvalue weighted by atomic mass is 10.1. The van der Waals surface area contributed by atoms with Gasteiger partial charge in [-0.1, -0.05) is 30.3 Å². The van der Waals surface area contributed by atoms with Gasteiger partial charge >= 0.3 is 0 Å². The Morgan fingerprint density at radius 1 is 1.39 bits per heavy atom. The van der Waals surface area contributed by atoms with Gasteiger partial charge in [0.2, 0.25) is 0 Å². The van der Waals surface area contributed by atoms with Gasteiger partial charge in [-0.2, -0.15) is 0 Å². The summed E-state index contributed by atoms with van der Waals surface area (Å²) in [7, 11) is 0. The van der Waals surface area contributed by atoms with Crippen molar-refractivity contribution in [3.8, 4) is 0 Å². The smallest absolute Gasteiger partial charge is 0.178 e. The van der Waals surface area contributed by atoms with Crippen molar-refractivity contribution in [2.24, 2.45) is 0 Å². The van der Waals surface area contributed by atoms with Gasteiger partial charge in [-0.15, -0.1) is 11.3 Å². The van der Waals surface area contributed by atoms with Crippen LogP contribution in [0.1, 0.15) is 41.0 Å². The molecule has 18 heavy (non-hydrogen) atoms. The van der Waals surface area contributed by atoms with E-state index in [0.29, 0.717) is 12.3 Å². The Bertz CT molecular complexity index is 522. The standard InChI is InChI=1S/C14H15NO2S/c1-3-17-13(11-7-5-4-6-8-11)14-15-12(9-18-14)10(2)16/h4-9,13H,3H2,1-2H3. The third-order valence-electron chi connectivity index (χ3n) is 2.54. The predicted molar refractivity (Wildman–Crippen MR) is 72.0 cm³/mol. The molecular weight excluding hydrogens is 246 g/mol. The summed E-state index contributed by atoms with van der Waals surface area (Å²) in [4.78, 5) is 15.6. The first-order valence-corrected chi connectivity index (χ1v) is 6.73. The third-order valence-corrected chi connectivity index (χ3v) is 3.43. The van der Waals surface area contributed by atoms with Crippen molar-refractivity contribution in [1.29, 1.82) is 0 Å². The number of Topliss-reactive ketones (excluding diaryl/α,β-unsaturated/α-hetero) is 1. The second-order valence-electron chi connectivity index (χ2n) is 3.87. The summed E-state index contributed by atoms with van der Waals surface area (Å²) < 4.78 is 5.74. The summed E-state index contributed by atoms with van der Waals surface area (Å²) in [6.45, 7) is 4.08. The minimum Gasteiger partial charge on any atom is -0.367 e. The van der Waals surface area contributed by atoms with Crippen molar-refractivity contribution in [3.05, 3.63) is 52.0 Å². The zero-order valence-corrected chi connectivity index (χ0v) is 11.2. The quantitative estimate of drug-likeness (QED) is 0.774. The normalized spacial score (nSPS) is 12.3. The van der Waals surface area contributed by atoms with E-state index in [1.165, 1.54) is 18.3 Å². The number of nitrogens with zero attached hydrogens (tertiary/aromatic N) is 1. The summed E-state index contributed by atoms with van der Waals surface area (Å²) in [5, 5.41) is 2.61. The van der Waals surface area contributed by atoms with Gasteiger partial charge in [0.25, 0.3) is 0 Å². The maximum Gasteiger partial charge on any atom is 0.178 e. The minimum absolute atomic E-state index is 0.0131. The predicted octanol–water partition coefficient (Wildman–Crippen LogP) is 3.47. The second-order valence-corrected chi connectivity index (χ2v) is 4.76. The molecule has 94 valence electrons. The van der Waals surface area contributed by atoms with Crippen LogP contribution in [-0.2, 0) is 4.74 Å². The minimum atomic E-state index is -0.186. The van der Waals surface area contributed by atoms with Crippen LogP contribution >= 0.6 is 11.3 Å². The molecule has 0 saturated heterocycles. The molecule has 3 nitrogen and oxygen atoms in total. The number of ether oxygens (including phenoxy) is 1. The zero-order valence-electron chi connectivity index (χ0n) is 10.4. The number of thiazole rings is 1. The lowest BCUT2D eigenvalue weighted by molar-refractivity contribution is 0.0907. The Balaban J connectivity index is 2.32. The molecule has 1 unspecified atom stereocenters. The van der Waals surface area contributed by atoms with Crippen molar-refractivity contribution >= 4 is 17.1 Å². The van der Waals surface area contributed by atoms with Crippen molar-refractivity contribution in [2.75, 3.05) is 6.61 Å². The van der Waals surface area contributed by atoms with Crippen LogP contribution in [0.5, 0.6) is 0 Å². The van der Waals surface area contributed by atoms with Crippen molar-refractivity contribution in [2.45, 2.75) is 20.0 Å². The van der Waals surface area contributed by atoms with Gasteiger partial charge in [-0.05, 0) is 12.5 Å². The molecule has 0 bridgehead atoms. The van der Waals surface area contributed by atoms with Crippen molar-refractivity contribution < 1.29 is 9.53 Å². The molecule has 1 atom stereocenters. The lowest BCUT2D eigenvalue weighted by Crippen LogP contribution is -2.06. The Morgan fingerprint density at radius 2 is 2.11 bits per heavy atom. The van der Waals surface area contributed by atoms with Crippen LogP contribution in [0.25, 0.3) is 0 Å². The fourth-order valence-corrected chi connectivity index (χ4v) is 2.60. The van der Waals surface area contributed by atoms with Crippen LogP contribution < -0.4 is 0 Å². The third kappa shape index (κ3) is 2.83. The van der Waals surface area contributed by atoms with E-state index in [0.717, 1.165) is 10.6 Å². The fraction of sp³-hybridized carbons (Fsp3) is 0.286. The monoisotopic (exact) mass is 261 g/mol. The molecule has 1 aromatic heterocycles. The number of hydrogen-bond acceptors (Lipinski definition) is 4. The first-order valence-electron chi connectivity index (χ1n) is 5.85. The van der Waals surface area contributed by atoms with Gasteiger partial charge in [-0.3, -0.25) is 4.79 Å². The summed E-state index contributed by atoms with van der Waals surface area (Å²) >= 11 is 1.46. The molecule has 4 heteroatoms. The molecule has 0 amide bonds.